The summed E-state index contributed by atoms with van der Waals surface area (Å²) in [4.78, 5) is 23.0. The summed E-state index contributed by atoms with van der Waals surface area (Å²) in [6.45, 7) is 0.373. The highest BCUT2D eigenvalue weighted by Gasteiger charge is 2.30. The van der Waals surface area contributed by atoms with Crippen LogP contribution in [0.25, 0.3) is 0 Å². The van der Waals surface area contributed by atoms with E-state index in [4.69, 9.17) is 0 Å². The molecule has 0 fully saturated rings. The normalized spacial score (nSPS) is 13.0. The third-order valence-electron chi connectivity index (χ3n) is 4.89. The number of fused-ring (bicyclic) bond motifs is 1. The van der Waals surface area contributed by atoms with Gasteiger partial charge in [-0.3, -0.25) is 19.2 Å². The molecule has 0 aromatic heterocycles. The molecule has 0 saturated heterocycles. The van der Waals surface area contributed by atoms with Crippen LogP contribution in [0, 0.1) is 10.1 Å². The summed E-state index contributed by atoms with van der Waals surface area (Å²) in [5.74, 6) is -0.647. The third-order valence-corrected chi connectivity index (χ3v) is 6.72. The molecule has 0 atom stereocenters. The molecule has 4 rings (SSSR count). The molecule has 3 aromatic carbocycles. The van der Waals surface area contributed by atoms with E-state index in [1.807, 2.05) is 12.1 Å². The molecule has 9 heteroatoms. The summed E-state index contributed by atoms with van der Waals surface area (Å²) in [6, 6.07) is 18.7. The van der Waals surface area contributed by atoms with Gasteiger partial charge in [-0.05, 0) is 48.4 Å². The third kappa shape index (κ3) is 3.50. The van der Waals surface area contributed by atoms with Crippen LogP contribution in [0.3, 0.4) is 0 Å². The Kier molecular flexibility index (Phi) is 4.96. The Balaban J connectivity index is 1.55. The zero-order valence-electron chi connectivity index (χ0n) is 15.7. The van der Waals surface area contributed by atoms with Crippen molar-refractivity contribution in [1.82, 2.24) is 0 Å². The van der Waals surface area contributed by atoms with E-state index in [0.717, 1.165) is 5.56 Å². The van der Waals surface area contributed by atoms with Gasteiger partial charge in [-0.15, -0.1) is 0 Å². The average Bonchev–Trinajstić information content (AvgIpc) is 3.19. The van der Waals surface area contributed by atoms with Gasteiger partial charge >= 0.3 is 0 Å². The molecule has 0 aliphatic carbocycles. The van der Waals surface area contributed by atoms with Crippen molar-refractivity contribution in [1.29, 1.82) is 0 Å². The van der Waals surface area contributed by atoms with Gasteiger partial charge in [-0.2, -0.15) is 0 Å². The molecule has 0 bridgehead atoms. The first-order chi connectivity index (χ1) is 14.4. The van der Waals surface area contributed by atoms with Crippen LogP contribution in [0.4, 0.5) is 17.1 Å². The second-order valence-electron chi connectivity index (χ2n) is 6.71. The SMILES string of the molecule is O=C(Nc1ccc(S(=O)(=O)N2CCc3ccccc32)cc1)c1ccccc1[N+](=O)[O-]. The molecule has 8 nitrogen and oxygen atoms in total. The number of nitrogens with zero attached hydrogens (tertiary/aromatic N) is 2. The molecule has 30 heavy (non-hydrogen) atoms. The number of nitro groups is 1. The van der Waals surface area contributed by atoms with Gasteiger partial charge in [0.25, 0.3) is 21.6 Å². The van der Waals surface area contributed by atoms with Crippen LogP contribution in [-0.4, -0.2) is 25.8 Å². The van der Waals surface area contributed by atoms with Crippen LogP contribution < -0.4 is 9.62 Å². The van der Waals surface area contributed by atoms with Gasteiger partial charge in [0.05, 0.1) is 15.5 Å². The largest absolute Gasteiger partial charge is 0.322 e. The highest BCUT2D eigenvalue weighted by Crippen LogP contribution is 2.33. The van der Waals surface area contributed by atoms with E-state index in [2.05, 4.69) is 5.32 Å². The van der Waals surface area contributed by atoms with Crippen molar-refractivity contribution in [3.63, 3.8) is 0 Å². The smallest absolute Gasteiger partial charge is 0.282 e. The number of anilines is 2. The zero-order valence-corrected chi connectivity index (χ0v) is 16.5. The monoisotopic (exact) mass is 423 g/mol. The standard InChI is InChI=1S/C21H17N3O5S/c25-21(18-6-2-4-8-20(18)24(26)27)22-16-9-11-17(12-10-16)30(28,29)23-14-13-15-5-1-3-7-19(15)23/h1-12H,13-14H2,(H,22,25). The van der Waals surface area contributed by atoms with E-state index in [1.165, 1.54) is 52.8 Å². The predicted molar refractivity (Wildman–Crippen MR) is 112 cm³/mol. The Morgan fingerprint density at radius 2 is 1.63 bits per heavy atom. The van der Waals surface area contributed by atoms with Crippen molar-refractivity contribution in [2.75, 3.05) is 16.2 Å². The van der Waals surface area contributed by atoms with Crippen LogP contribution in [0.1, 0.15) is 15.9 Å². The number of benzene rings is 3. The van der Waals surface area contributed by atoms with Crippen LogP contribution in [0.5, 0.6) is 0 Å². The molecule has 0 saturated carbocycles. The van der Waals surface area contributed by atoms with E-state index in [1.54, 1.807) is 12.1 Å². The number of amides is 1. The topological polar surface area (TPSA) is 110 Å². The number of para-hydroxylation sites is 2. The molecule has 0 radical (unpaired) electrons. The van der Waals surface area contributed by atoms with E-state index >= 15 is 0 Å². The summed E-state index contributed by atoms with van der Waals surface area (Å²) in [5.41, 5.74) is 1.61. The quantitative estimate of drug-likeness (QED) is 0.498. The lowest BCUT2D eigenvalue weighted by atomic mass is 10.1. The van der Waals surface area contributed by atoms with E-state index in [9.17, 15) is 23.3 Å². The molecule has 1 amide bonds. The highest BCUT2D eigenvalue weighted by molar-refractivity contribution is 7.92. The van der Waals surface area contributed by atoms with Crippen molar-refractivity contribution in [2.45, 2.75) is 11.3 Å². The van der Waals surface area contributed by atoms with Crippen LogP contribution >= 0.6 is 0 Å². The molecule has 1 aliphatic heterocycles. The lowest BCUT2D eigenvalue weighted by molar-refractivity contribution is -0.385. The first kappa shape index (κ1) is 19.6. The Hall–Kier alpha value is -3.72. The molecular weight excluding hydrogens is 406 g/mol. The molecule has 1 heterocycles. The number of carbonyl (C=O) groups is 1. The van der Waals surface area contributed by atoms with Crippen molar-refractivity contribution in [3.05, 3.63) is 94.0 Å². The molecule has 1 N–H and O–H groups in total. The predicted octanol–water partition coefficient (Wildman–Crippen LogP) is 3.60. The Labute approximate surface area is 173 Å². The highest BCUT2D eigenvalue weighted by atomic mass is 32.2. The molecule has 0 spiro atoms. The lowest BCUT2D eigenvalue weighted by Gasteiger charge is -2.19. The molecule has 1 aliphatic rings. The van der Waals surface area contributed by atoms with Crippen LogP contribution in [-0.2, 0) is 16.4 Å². The summed E-state index contributed by atoms with van der Waals surface area (Å²) >= 11 is 0. The maximum absolute atomic E-state index is 13.0. The van der Waals surface area contributed by atoms with Crippen molar-refractivity contribution in [3.8, 4) is 0 Å². The number of carbonyl (C=O) groups excluding carboxylic acids is 1. The number of hydrogen-bond acceptors (Lipinski definition) is 5. The van der Waals surface area contributed by atoms with Gasteiger partial charge in [0.15, 0.2) is 0 Å². The fourth-order valence-electron chi connectivity index (χ4n) is 3.42. The fourth-order valence-corrected chi connectivity index (χ4v) is 4.92. The minimum Gasteiger partial charge on any atom is -0.322 e. The zero-order chi connectivity index (χ0) is 21.3. The van der Waals surface area contributed by atoms with E-state index < -0.39 is 20.9 Å². The maximum atomic E-state index is 13.0. The number of nitrogens with one attached hydrogen (secondary N) is 1. The van der Waals surface area contributed by atoms with Crippen LogP contribution in [0.2, 0.25) is 0 Å². The van der Waals surface area contributed by atoms with E-state index in [0.29, 0.717) is 24.3 Å². The molecule has 152 valence electrons. The van der Waals surface area contributed by atoms with Gasteiger partial charge in [-0.1, -0.05) is 30.3 Å². The number of nitro benzene ring substituents is 1. The number of rotatable bonds is 5. The maximum Gasteiger partial charge on any atom is 0.282 e. The van der Waals surface area contributed by atoms with Crippen molar-refractivity contribution < 1.29 is 18.1 Å². The summed E-state index contributed by atoms with van der Waals surface area (Å²) < 4.78 is 27.4. The average molecular weight is 423 g/mol. The molecule has 0 unspecified atom stereocenters. The number of sulfonamides is 1. The molecular formula is C21H17N3O5S. The minimum absolute atomic E-state index is 0.0760. The second kappa shape index (κ2) is 7.60. The minimum atomic E-state index is -3.74. The Bertz CT molecular complexity index is 1240. The van der Waals surface area contributed by atoms with Gasteiger partial charge < -0.3 is 5.32 Å². The lowest BCUT2D eigenvalue weighted by Crippen LogP contribution is -2.29. The van der Waals surface area contributed by atoms with Gasteiger partial charge in [0.2, 0.25) is 0 Å². The van der Waals surface area contributed by atoms with Crippen molar-refractivity contribution >= 4 is 33.0 Å². The molecule has 3 aromatic rings. The van der Waals surface area contributed by atoms with Crippen molar-refractivity contribution in [2.24, 2.45) is 0 Å². The first-order valence-corrected chi connectivity index (χ1v) is 10.6. The van der Waals surface area contributed by atoms with Gasteiger partial charge in [-0.25, -0.2) is 8.42 Å². The second-order valence-corrected chi connectivity index (χ2v) is 8.57. The first-order valence-electron chi connectivity index (χ1n) is 9.13. The van der Waals surface area contributed by atoms with Gasteiger partial charge in [0.1, 0.15) is 5.56 Å². The van der Waals surface area contributed by atoms with E-state index in [-0.39, 0.29) is 16.1 Å². The summed E-state index contributed by atoms with van der Waals surface area (Å²) in [7, 11) is -3.74. The summed E-state index contributed by atoms with van der Waals surface area (Å²) in [6.07, 6.45) is 0.652. The summed E-state index contributed by atoms with van der Waals surface area (Å²) in [5, 5.41) is 13.7. The number of hydrogen-bond donors (Lipinski definition) is 1. The van der Waals surface area contributed by atoms with Crippen LogP contribution in [0.15, 0.2) is 77.7 Å². The Morgan fingerprint density at radius 1 is 0.967 bits per heavy atom. The Morgan fingerprint density at radius 3 is 2.37 bits per heavy atom. The fraction of sp³-hybridized carbons (Fsp3) is 0.0952. The van der Waals surface area contributed by atoms with Gasteiger partial charge in [0, 0.05) is 18.3 Å².